The monoisotopic (exact) mass is 390 g/mol. The van der Waals surface area contributed by atoms with Crippen LogP contribution in [0.3, 0.4) is 0 Å². The van der Waals surface area contributed by atoms with Gasteiger partial charge in [-0.15, -0.1) is 11.3 Å². The SMILES string of the molecule is CC=CC(=CC)N(C(=O)CC)C1(COC)CCN(CCc2cccs2)CC1. The minimum atomic E-state index is -0.261. The number of methoxy groups -OCH3 is 1. The number of carbonyl (C=O) groups excluding carboxylic acids is 1. The number of hydrogen-bond acceptors (Lipinski definition) is 4. The van der Waals surface area contributed by atoms with Crippen LogP contribution in [0.1, 0.15) is 44.9 Å². The molecule has 1 amide bonds. The average Bonchev–Trinajstić information content (AvgIpc) is 3.20. The molecule has 27 heavy (non-hydrogen) atoms. The molecule has 1 aliphatic rings. The van der Waals surface area contributed by atoms with E-state index in [1.807, 2.05) is 55.2 Å². The molecule has 0 N–H and O–H groups in total. The van der Waals surface area contributed by atoms with Gasteiger partial charge in [-0.3, -0.25) is 4.79 Å². The first-order chi connectivity index (χ1) is 13.1. The van der Waals surface area contributed by atoms with Gasteiger partial charge < -0.3 is 14.5 Å². The van der Waals surface area contributed by atoms with Crippen LogP contribution < -0.4 is 0 Å². The lowest BCUT2D eigenvalue weighted by Crippen LogP contribution is -2.59. The van der Waals surface area contributed by atoms with Crippen molar-refractivity contribution in [2.45, 2.75) is 52.0 Å². The van der Waals surface area contributed by atoms with Crippen molar-refractivity contribution < 1.29 is 9.53 Å². The van der Waals surface area contributed by atoms with Crippen LogP contribution >= 0.6 is 11.3 Å². The fraction of sp³-hybridized carbons (Fsp3) is 0.591. The van der Waals surface area contributed by atoms with Gasteiger partial charge in [-0.1, -0.05) is 25.1 Å². The van der Waals surface area contributed by atoms with Crippen LogP contribution in [0.5, 0.6) is 0 Å². The van der Waals surface area contributed by atoms with Gasteiger partial charge in [0.2, 0.25) is 5.91 Å². The van der Waals surface area contributed by atoms with Crippen LogP contribution in [0.15, 0.2) is 41.4 Å². The van der Waals surface area contributed by atoms with Crippen molar-refractivity contribution in [3.05, 3.63) is 46.3 Å². The Morgan fingerprint density at radius 1 is 1.37 bits per heavy atom. The first-order valence-corrected chi connectivity index (χ1v) is 10.8. The van der Waals surface area contributed by atoms with E-state index in [9.17, 15) is 4.79 Å². The number of ether oxygens (including phenoxy) is 1. The van der Waals surface area contributed by atoms with Crippen LogP contribution in [0.2, 0.25) is 0 Å². The molecule has 0 bridgehead atoms. The number of rotatable bonds is 9. The van der Waals surface area contributed by atoms with E-state index in [-0.39, 0.29) is 11.4 Å². The summed E-state index contributed by atoms with van der Waals surface area (Å²) in [6.07, 6.45) is 9.55. The van der Waals surface area contributed by atoms with Crippen LogP contribution in [-0.4, -0.2) is 54.6 Å². The Kier molecular flexibility index (Phi) is 8.74. The van der Waals surface area contributed by atoms with Crippen molar-refractivity contribution in [3.63, 3.8) is 0 Å². The van der Waals surface area contributed by atoms with Crippen molar-refractivity contribution in [1.29, 1.82) is 0 Å². The van der Waals surface area contributed by atoms with Gasteiger partial charge in [0.1, 0.15) is 0 Å². The molecule has 150 valence electrons. The van der Waals surface area contributed by atoms with Crippen molar-refractivity contribution >= 4 is 17.2 Å². The number of likely N-dealkylation sites (tertiary alicyclic amines) is 1. The summed E-state index contributed by atoms with van der Waals surface area (Å²) >= 11 is 1.83. The van der Waals surface area contributed by atoms with Crippen LogP contribution in [0, 0.1) is 0 Å². The lowest BCUT2D eigenvalue weighted by Gasteiger charge is -2.49. The van der Waals surface area contributed by atoms with Crippen LogP contribution in [0.4, 0.5) is 0 Å². The predicted molar refractivity (Wildman–Crippen MR) is 114 cm³/mol. The largest absolute Gasteiger partial charge is 0.382 e. The van der Waals surface area contributed by atoms with Gasteiger partial charge in [0.15, 0.2) is 0 Å². The Bertz CT molecular complexity index is 629. The van der Waals surface area contributed by atoms with Crippen molar-refractivity contribution in [3.8, 4) is 0 Å². The first-order valence-electron chi connectivity index (χ1n) is 9.96. The minimum Gasteiger partial charge on any atom is -0.382 e. The standard InChI is InChI=1S/C22H34N2O2S/c1-5-9-19(6-2)24(21(25)7-3)22(18-26-4)12-15-23(16-13-22)14-11-20-10-8-17-27-20/h5-6,8-10,17H,7,11-16,18H2,1-4H3. The number of allylic oxidation sites excluding steroid dienone is 3. The van der Waals surface area contributed by atoms with Crippen LogP contribution in [-0.2, 0) is 16.0 Å². The molecule has 1 fully saturated rings. The lowest BCUT2D eigenvalue weighted by molar-refractivity contribution is -0.138. The first kappa shape index (κ1) is 21.9. The minimum absolute atomic E-state index is 0.172. The second-order valence-electron chi connectivity index (χ2n) is 7.12. The summed E-state index contributed by atoms with van der Waals surface area (Å²) in [4.78, 5) is 18.9. The van der Waals surface area contributed by atoms with E-state index in [2.05, 4.69) is 22.4 Å². The van der Waals surface area contributed by atoms with Gasteiger partial charge in [0.25, 0.3) is 0 Å². The summed E-state index contributed by atoms with van der Waals surface area (Å²) in [5, 5.41) is 2.14. The molecule has 1 aliphatic heterocycles. The fourth-order valence-corrected chi connectivity index (χ4v) is 4.63. The summed E-state index contributed by atoms with van der Waals surface area (Å²) in [5.41, 5.74) is 0.719. The highest BCUT2D eigenvalue weighted by molar-refractivity contribution is 7.09. The maximum atomic E-state index is 12.9. The average molecular weight is 391 g/mol. The van der Waals surface area contributed by atoms with E-state index in [0.717, 1.165) is 44.6 Å². The number of carbonyl (C=O) groups is 1. The zero-order valence-corrected chi connectivity index (χ0v) is 18.1. The zero-order chi connectivity index (χ0) is 19.7. The third-order valence-electron chi connectivity index (χ3n) is 5.37. The molecule has 4 nitrogen and oxygen atoms in total. The molecule has 1 saturated heterocycles. The molecule has 0 aromatic carbocycles. The van der Waals surface area contributed by atoms with E-state index in [4.69, 9.17) is 4.74 Å². The topological polar surface area (TPSA) is 32.8 Å². The summed E-state index contributed by atoms with van der Waals surface area (Å²) < 4.78 is 5.63. The molecule has 0 saturated carbocycles. The van der Waals surface area contributed by atoms with Gasteiger partial charge >= 0.3 is 0 Å². The fourth-order valence-electron chi connectivity index (χ4n) is 3.93. The smallest absolute Gasteiger partial charge is 0.227 e. The molecule has 1 aromatic heterocycles. The molecule has 1 aromatic rings. The summed E-state index contributed by atoms with van der Waals surface area (Å²) in [6, 6.07) is 4.33. The van der Waals surface area contributed by atoms with Gasteiger partial charge in [-0.05, 0) is 50.6 Å². The van der Waals surface area contributed by atoms with E-state index in [1.54, 1.807) is 7.11 Å². The Morgan fingerprint density at radius 3 is 2.63 bits per heavy atom. The molecule has 5 heteroatoms. The maximum Gasteiger partial charge on any atom is 0.227 e. The molecule has 0 unspecified atom stereocenters. The van der Waals surface area contributed by atoms with Gasteiger partial charge in [-0.25, -0.2) is 0 Å². The number of nitrogens with zero attached hydrogens (tertiary/aromatic N) is 2. The number of thiophene rings is 1. The molecule has 0 radical (unpaired) electrons. The van der Waals surface area contributed by atoms with E-state index in [1.165, 1.54) is 4.88 Å². The summed E-state index contributed by atoms with van der Waals surface area (Å²) in [6.45, 7) is 9.58. The quantitative estimate of drug-likeness (QED) is 0.583. The zero-order valence-electron chi connectivity index (χ0n) is 17.2. The second kappa shape index (κ2) is 10.8. The maximum absolute atomic E-state index is 12.9. The summed E-state index contributed by atoms with van der Waals surface area (Å²) in [7, 11) is 1.74. The van der Waals surface area contributed by atoms with Gasteiger partial charge in [0.05, 0.1) is 12.1 Å². The van der Waals surface area contributed by atoms with E-state index < -0.39 is 0 Å². The number of hydrogen-bond donors (Lipinski definition) is 0. The highest BCUT2D eigenvalue weighted by Gasteiger charge is 2.43. The summed E-state index contributed by atoms with van der Waals surface area (Å²) in [5.74, 6) is 0.172. The number of amides is 1. The Balaban J connectivity index is 2.14. The highest BCUT2D eigenvalue weighted by atomic mass is 32.1. The molecule has 2 rings (SSSR count). The molecule has 0 spiro atoms. The van der Waals surface area contributed by atoms with Crippen molar-refractivity contribution in [1.82, 2.24) is 9.80 Å². The lowest BCUT2D eigenvalue weighted by atomic mass is 9.85. The molecule has 2 heterocycles. The normalized spacial score (nSPS) is 18.1. The third-order valence-corrected chi connectivity index (χ3v) is 6.31. The molecule has 0 aliphatic carbocycles. The van der Waals surface area contributed by atoms with Gasteiger partial charge in [0, 0.05) is 43.7 Å². The molecular weight excluding hydrogens is 356 g/mol. The highest BCUT2D eigenvalue weighted by Crippen LogP contribution is 2.34. The van der Waals surface area contributed by atoms with Crippen molar-refractivity contribution in [2.24, 2.45) is 0 Å². The Labute approximate surface area is 168 Å². The van der Waals surface area contributed by atoms with Crippen molar-refractivity contribution in [2.75, 3.05) is 33.4 Å². The number of piperidine rings is 1. The third kappa shape index (κ3) is 5.53. The van der Waals surface area contributed by atoms with E-state index in [0.29, 0.717) is 13.0 Å². The predicted octanol–water partition coefficient (Wildman–Crippen LogP) is 4.49. The Hall–Kier alpha value is -1.43. The molecular formula is C22H34N2O2S. The van der Waals surface area contributed by atoms with Gasteiger partial charge in [-0.2, -0.15) is 0 Å². The van der Waals surface area contributed by atoms with Crippen LogP contribution in [0.25, 0.3) is 0 Å². The second-order valence-corrected chi connectivity index (χ2v) is 8.16. The Morgan fingerprint density at radius 2 is 2.11 bits per heavy atom. The van der Waals surface area contributed by atoms with E-state index >= 15 is 0 Å². The molecule has 0 atom stereocenters.